The van der Waals surface area contributed by atoms with E-state index in [2.05, 4.69) is 17.0 Å². The Bertz CT molecular complexity index is 380. The number of benzene rings is 1. The molecule has 4 heteroatoms. The van der Waals surface area contributed by atoms with E-state index in [1.54, 1.807) is 12.1 Å². The summed E-state index contributed by atoms with van der Waals surface area (Å²) >= 11 is 0. The smallest absolute Gasteiger partial charge is 0.387 e. The van der Waals surface area contributed by atoms with Gasteiger partial charge in [-0.05, 0) is 31.4 Å². The van der Waals surface area contributed by atoms with Crippen LogP contribution in [0.4, 0.5) is 14.5 Å². The van der Waals surface area contributed by atoms with Crippen molar-refractivity contribution < 1.29 is 13.5 Å². The van der Waals surface area contributed by atoms with E-state index in [1.807, 2.05) is 6.07 Å². The molecule has 100 valence electrons. The second kappa shape index (κ2) is 6.03. The highest BCUT2D eigenvalue weighted by Gasteiger charge is 2.19. The molecule has 0 bridgehead atoms. The largest absolute Gasteiger partial charge is 0.435 e. The van der Waals surface area contributed by atoms with E-state index < -0.39 is 6.61 Å². The summed E-state index contributed by atoms with van der Waals surface area (Å²) in [5.41, 5.74) is 0.833. The van der Waals surface area contributed by atoms with E-state index in [-0.39, 0.29) is 5.75 Å². The number of nitrogens with one attached hydrogen (secondary N) is 1. The Kier molecular flexibility index (Phi) is 4.39. The lowest BCUT2D eigenvalue weighted by Gasteiger charge is -2.29. The lowest BCUT2D eigenvalue weighted by atomic mass is 9.81. The van der Waals surface area contributed by atoms with E-state index >= 15 is 0 Å². The number of rotatable bonds is 6. The Hall–Kier alpha value is -1.32. The van der Waals surface area contributed by atoms with Crippen molar-refractivity contribution in [2.75, 3.05) is 5.32 Å². The Morgan fingerprint density at radius 3 is 2.78 bits per heavy atom. The van der Waals surface area contributed by atoms with E-state index in [9.17, 15) is 8.78 Å². The molecule has 0 amide bonds. The van der Waals surface area contributed by atoms with Crippen LogP contribution in [0.5, 0.6) is 5.75 Å². The third kappa shape index (κ3) is 3.86. The first-order chi connectivity index (χ1) is 8.63. The molecule has 0 radical (unpaired) electrons. The Balaban J connectivity index is 1.87. The third-order valence-electron chi connectivity index (χ3n) is 3.38. The molecule has 2 rings (SSSR count). The number of anilines is 1. The highest BCUT2D eigenvalue weighted by atomic mass is 19.3. The average molecular weight is 255 g/mol. The van der Waals surface area contributed by atoms with Crippen molar-refractivity contribution in [1.82, 2.24) is 0 Å². The van der Waals surface area contributed by atoms with Crippen LogP contribution in [0.15, 0.2) is 24.3 Å². The summed E-state index contributed by atoms with van der Waals surface area (Å²) in [6.07, 6.45) is 5.12. The van der Waals surface area contributed by atoms with Gasteiger partial charge in [0.2, 0.25) is 0 Å². The first-order valence-electron chi connectivity index (χ1n) is 6.45. The maximum Gasteiger partial charge on any atom is 0.387 e. The molecule has 1 aliphatic rings. The van der Waals surface area contributed by atoms with Crippen LogP contribution in [-0.2, 0) is 0 Å². The molecule has 1 N–H and O–H groups in total. The second-order valence-electron chi connectivity index (χ2n) is 4.98. The fraction of sp³-hybridized carbons (Fsp3) is 0.571. The van der Waals surface area contributed by atoms with Crippen LogP contribution in [0, 0.1) is 5.92 Å². The Morgan fingerprint density at radius 1 is 1.39 bits per heavy atom. The topological polar surface area (TPSA) is 21.3 Å². The summed E-state index contributed by atoms with van der Waals surface area (Å²) in [5, 5.41) is 3.33. The van der Waals surface area contributed by atoms with E-state index in [1.165, 1.54) is 25.3 Å². The minimum absolute atomic E-state index is 0.200. The predicted molar refractivity (Wildman–Crippen MR) is 68.1 cm³/mol. The lowest BCUT2D eigenvalue weighted by molar-refractivity contribution is -0.0498. The van der Waals surface area contributed by atoms with Crippen molar-refractivity contribution in [3.05, 3.63) is 24.3 Å². The van der Waals surface area contributed by atoms with Gasteiger partial charge in [-0.2, -0.15) is 8.78 Å². The molecule has 1 aromatic rings. The zero-order valence-electron chi connectivity index (χ0n) is 10.5. The van der Waals surface area contributed by atoms with Gasteiger partial charge in [-0.15, -0.1) is 0 Å². The minimum atomic E-state index is -2.77. The second-order valence-corrected chi connectivity index (χ2v) is 4.98. The zero-order chi connectivity index (χ0) is 13.0. The van der Waals surface area contributed by atoms with Gasteiger partial charge in [0.1, 0.15) is 5.75 Å². The van der Waals surface area contributed by atoms with Gasteiger partial charge in [-0.1, -0.05) is 25.3 Å². The number of halogens is 2. The fourth-order valence-corrected chi connectivity index (χ4v) is 2.33. The van der Waals surface area contributed by atoms with Crippen molar-refractivity contribution in [2.24, 2.45) is 5.92 Å². The van der Waals surface area contributed by atoms with Crippen molar-refractivity contribution in [3.63, 3.8) is 0 Å². The highest BCUT2D eigenvalue weighted by Crippen LogP contribution is 2.31. The summed E-state index contributed by atoms with van der Waals surface area (Å²) in [6.45, 7) is -0.647. The van der Waals surface area contributed by atoms with Crippen LogP contribution in [0.2, 0.25) is 0 Å². The molecule has 1 aliphatic carbocycles. The summed E-state index contributed by atoms with van der Waals surface area (Å²) in [7, 11) is 0. The average Bonchev–Trinajstić information content (AvgIpc) is 2.23. The first-order valence-corrected chi connectivity index (χ1v) is 6.45. The van der Waals surface area contributed by atoms with Gasteiger partial charge < -0.3 is 10.1 Å². The summed E-state index contributed by atoms with van der Waals surface area (Å²) in [5.74, 6) is 1.03. The maximum atomic E-state index is 12.1. The van der Waals surface area contributed by atoms with Crippen LogP contribution < -0.4 is 10.1 Å². The molecular weight excluding hydrogens is 236 g/mol. The van der Waals surface area contributed by atoms with Gasteiger partial charge in [0.15, 0.2) is 0 Å². The molecule has 0 saturated heterocycles. The number of ether oxygens (including phenoxy) is 1. The monoisotopic (exact) mass is 255 g/mol. The molecule has 1 unspecified atom stereocenters. The Labute approximate surface area is 106 Å². The molecule has 1 saturated carbocycles. The normalized spacial score (nSPS) is 17.3. The van der Waals surface area contributed by atoms with E-state index in [0.29, 0.717) is 6.04 Å². The SMILES string of the molecule is CC(CC1CCC1)Nc1cccc(OC(F)F)c1. The van der Waals surface area contributed by atoms with Crippen LogP contribution in [0.25, 0.3) is 0 Å². The first kappa shape index (κ1) is 13.1. The van der Waals surface area contributed by atoms with Crippen LogP contribution in [0.3, 0.4) is 0 Å². The molecule has 2 nitrogen and oxygen atoms in total. The maximum absolute atomic E-state index is 12.1. The third-order valence-corrected chi connectivity index (χ3v) is 3.38. The van der Waals surface area contributed by atoms with Gasteiger partial charge in [-0.3, -0.25) is 0 Å². The van der Waals surface area contributed by atoms with E-state index in [4.69, 9.17) is 0 Å². The van der Waals surface area contributed by atoms with Gasteiger partial charge in [0.05, 0.1) is 0 Å². The van der Waals surface area contributed by atoms with Gasteiger partial charge in [0.25, 0.3) is 0 Å². The van der Waals surface area contributed by atoms with E-state index in [0.717, 1.165) is 18.0 Å². The number of hydrogen-bond acceptors (Lipinski definition) is 2. The predicted octanol–water partition coefficient (Wildman–Crippen LogP) is 4.28. The van der Waals surface area contributed by atoms with Crippen molar-refractivity contribution in [3.8, 4) is 5.75 Å². The van der Waals surface area contributed by atoms with Crippen molar-refractivity contribution in [2.45, 2.75) is 45.3 Å². The van der Waals surface area contributed by atoms with Crippen LogP contribution in [0.1, 0.15) is 32.6 Å². The summed E-state index contributed by atoms with van der Waals surface area (Å²) < 4.78 is 28.6. The summed E-state index contributed by atoms with van der Waals surface area (Å²) in [4.78, 5) is 0. The molecule has 1 aromatic carbocycles. The van der Waals surface area contributed by atoms with Gasteiger partial charge >= 0.3 is 6.61 Å². The molecule has 0 spiro atoms. The quantitative estimate of drug-likeness (QED) is 0.819. The highest BCUT2D eigenvalue weighted by molar-refractivity contribution is 5.48. The molecular formula is C14H19F2NO. The molecule has 0 aromatic heterocycles. The van der Waals surface area contributed by atoms with Crippen LogP contribution >= 0.6 is 0 Å². The molecule has 1 fully saturated rings. The number of alkyl halides is 2. The van der Waals surface area contributed by atoms with Crippen molar-refractivity contribution in [1.29, 1.82) is 0 Å². The van der Waals surface area contributed by atoms with Crippen molar-refractivity contribution >= 4 is 5.69 Å². The standard InChI is InChI=1S/C14H19F2NO/c1-10(8-11-4-2-5-11)17-12-6-3-7-13(9-12)18-14(15)16/h3,6-7,9-11,14,17H,2,4-5,8H2,1H3. The van der Waals surface area contributed by atoms with Crippen LogP contribution in [-0.4, -0.2) is 12.7 Å². The number of hydrogen-bond donors (Lipinski definition) is 1. The lowest BCUT2D eigenvalue weighted by Crippen LogP contribution is -2.23. The summed E-state index contributed by atoms with van der Waals surface area (Å²) in [6, 6.07) is 7.10. The Morgan fingerprint density at radius 2 is 2.17 bits per heavy atom. The molecule has 0 aliphatic heterocycles. The molecule has 0 heterocycles. The van der Waals surface area contributed by atoms with Gasteiger partial charge in [-0.25, -0.2) is 0 Å². The molecule has 1 atom stereocenters. The fourth-order valence-electron chi connectivity index (χ4n) is 2.33. The van der Waals surface area contributed by atoms with Gasteiger partial charge in [0, 0.05) is 17.8 Å². The minimum Gasteiger partial charge on any atom is -0.435 e. The molecule has 18 heavy (non-hydrogen) atoms. The zero-order valence-corrected chi connectivity index (χ0v) is 10.5.